The van der Waals surface area contributed by atoms with Gasteiger partial charge in [-0.2, -0.15) is 5.26 Å². The van der Waals surface area contributed by atoms with E-state index < -0.39 is 5.97 Å². The van der Waals surface area contributed by atoms with Gasteiger partial charge >= 0.3 is 12.0 Å². The number of carbonyl (C=O) groups is 2. The maximum absolute atomic E-state index is 12.0. The van der Waals surface area contributed by atoms with Crippen LogP contribution in [-0.2, 0) is 11.3 Å². The molecule has 0 atom stereocenters. The van der Waals surface area contributed by atoms with E-state index in [4.69, 9.17) is 10.4 Å². The van der Waals surface area contributed by atoms with Crippen molar-refractivity contribution in [3.8, 4) is 6.07 Å². The number of nitriles is 1. The van der Waals surface area contributed by atoms with Crippen molar-refractivity contribution >= 4 is 12.0 Å². The van der Waals surface area contributed by atoms with Gasteiger partial charge in [-0.1, -0.05) is 12.1 Å². The predicted octanol–water partition coefficient (Wildman–Crippen LogP) is 1.56. The molecule has 1 heterocycles. The second-order valence-corrected chi connectivity index (χ2v) is 5.07. The Labute approximate surface area is 123 Å². The van der Waals surface area contributed by atoms with Crippen molar-refractivity contribution in [2.45, 2.75) is 19.4 Å². The fraction of sp³-hybridized carbons (Fsp3) is 0.400. The molecule has 0 aromatic heterocycles. The SMILES string of the molecule is N#Cc1cccc(CNC(=O)N2CCC(C(=O)O)CC2)c1. The molecule has 1 aliphatic heterocycles. The molecule has 1 aromatic carbocycles. The van der Waals surface area contributed by atoms with Crippen LogP contribution < -0.4 is 5.32 Å². The number of hydrogen-bond acceptors (Lipinski definition) is 3. The van der Waals surface area contributed by atoms with Crippen LogP contribution in [0.5, 0.6) is 0 Å². The number of hydrogen-bond donors (Lipinski definition) is 2. The topological polar surface area (TPSA) is 93.4 Å². The highest BCUT2D eigenvalue weighted by Gasteiger charge is 2.26. The van der Waals surface area contributed by atoms with Gasteiger partial charge < -0.3 is 15.3 Å². The van der Waals surface area contributed by atoms with Crippen molar-refractivity contribution in [3.05, 3.63) is 35.4 Å². The van der Waals surface area contributed by atoms with E-state index in [0.717, 1.165) is 5.56 Å². The smallest absolute Gasteiger partial charge is 0.317 e. The van der Waals surface area contributed by atoms with Gasteiger partial charge in [0, 0.05) is 19.6 Å². The molecular weight excluding hydrogens is 270 g/mol. The van der Waals surface area contributed by atoms with Crippen molar-refractivity contribution in [1.29, 1.82) is 5.26 Å². The summed E-state index contributed by atoms with van der Waals surface area (Å²) in [4.78, 5) is 24.5. The van der Waals surface area contributed by atoms with Crippen molar-refractivity contribution in [2.24, 2.45) is 5.92 Å². The number of aliphatic carboxylic acids is 1. The number of carboxylic acid groups (broad SMARTS) is 1. The normalized spacial score (nSPS) is 15.3. The fourth-order valence-electron chi connectivity index (χ4n) is 2.37. The number of likely N-dealkylation sites (tertiary alicyclic amines) is 1. The summed E-state index contributed by atoms with van der Waals surface area (Å²) in [5.74, 6) is -1.13. The zero-order chi connectivity index (χ0) is 15.2. The molecule has 21 heavy (non-hydrogen) atoms. The third-order valence-electron chi connectivity index (χ3n) is 3.63. The monoisotopic (exact) mass is 287 g/mol. The molecule has 6 heteroatoms. The molecule has 0 saturated carbocycles. The molecule has 0 bridgehead atoms. The van der Waals surface area contributed by atoms with Gasteiger partial charge in [0.1, 0.15) is 0 Å². The van der Waals surface area contributed by atoms with Crippen LogP contribution in [0.1, 0.15) is 24.0 Å². The lowest BCUT2D eigenvalue weighted by atomic mass is 9.97. The van der Waals surface area contributed by atoms with E-state index in [1.165, 1.54) is 0 Å². The molecule has 1 fully saturated rings. The molecule has 2 rings (SSSR count). The Bertz CT molecular complexity index is 572. The van der Waals surface area contributed by atoms with Gasteiger partial charge in [-0.3, -0.25) is 4.79 Å². The summed E-state index contributed by atoms with van der Waals surface area (Å²) in [7, 11) is 0. The van der Waals surface area contributed by atoms with Crippen LogP contribution in [0.15, 0.2) is 24.3 Å². The van der Waals surface area contributed by atoms with Gasteiger partial charge in [0.2, 0.25) is 0 Å². The van der Waals surface area contributed by atoms with Crippen molar-refractivity contribution in [2.75, 3.05) is 13.1 Å². The Kier molecular flexibility index (Phi) is 4.77. The second-order valence-electron chi connectivity index (χ2n) is 5.07. The molecule has 110 valence electrons. The van der Waals surface area contributed by atoms with E-state index in [1.54, 1.807) is 23.1 Å². The van der Waals surface area contributed by atoms with E-state index in [1.807, 2.05) is 6.07 Å². The molecule has 1 saturated heterocycles. The number of nitrogens with one attached hydrogen (secondary N) is 1. The summed E-state index contributed by atoms with van der Waals surface area (Å²) in [6.45, 7) is 1.27. The van der Waals surface area contributed by atoms with Crippen molar-refractivity contribution < 1.29 is 14.7 Å². The average molecular weight is 287 g/mol. The van der Waals surface area contributed by atoms with Crippen LogP contribution in [-0.4, -0.2) is 35.1 Å². The molecule has 6 nitrogen and oxygen atoms in total. The van der Waals surface area contributed by atoms with Crippen LogP contribution in [0.25, 0.3) is 0 Å². The molecular formula is C15H17N3O3. The molecule has 0 unspecified atom stereocenters. The number of carbonyl (C=O) groups excluding carboxylic acids is 1. The highest BCUT2D eigenvalue weighted by atomic mass is 16.4. The maximum Gasteiger partial charge on any atom is 0.317 e. The highest BCUT2D eigenvalue weighted by molar-refractivity contribution is 5.75. The van der Waals surface area contributed by atoms with Crippen molar-refractivity contribution in [3.63, 3.8) is 0 Å². The number of urea groups is 1. The number of benzene rings is 1. The number of amides is 2. The molecule has 0 spiro atoms. The zero-order valence-corrected chi connectivity index (χ0v) is 11.6. The largest absolute Gasteiger partial charge is 0.481 e. The molecule has 2 amide bonds. The minimum Gasteiger partial charge on any atom is -0.481 e. The number of carboxylic acids is 1. The van der Waals surface area contributed by atoms with E-state index in [0.29, 0.717) is 38.0 Å². The Morgan fingerprint density at radius 2 is 2.10 bits per heavy atom. The summed E-state index contributed by atoms with van der Waals surface area (Å²) in [6, 6.07) is 8.93. The number of rotatable bonds is 3. The highest BCUT2D eigenvalue weighted by Crippen LogP contribution is 2.17. The van der Waals surface area contributed by atoms with Gasteiger partial charge in [-0.25, -0.2) is 4.79 Å². The van der Waals surface area contributed by atoms with Gasteiger partial charge in [0.15, 0.2) is 0 Å². The third-order valence-corrected chi connectivity index (χ3v) is 3.63. The molecule has 0 radical (unpaired) electrons. The summed E-state index contributed by atoms with van der Waals surface area (Å²) < 4.78 is 0. The first-order chi connectivity index (χ1) is 10.1. The summed E-state index contributed by atoms with van der Waals surface area (Å²) in [5, 5.41) is 20.5. The molecule has 0 aliphatic carbocycles. The lowest BCUT2D eigenvalue weighted by molar-refractivity contribution is -0.143. The van der Waals surface area contributed by atoms with Gasteiger partial charge in [-0.05, 0) is 30.5 Å². The first-order valence-electron chi connectivity index (χ1n) is 6.85. The second kappa shape index (κ2) is 6.75. The minimum absolute atomic E-state index is 0.193. The van der Waals surface area contributed by atoms with E-state index in [-0.39, 0.29) is 11.9 Å². The lowest BCUT2D eigenvalue weighted by Gasteiger charge is -2.30. The first kappa shape index (κ1) is 14.9. The first-order valence-corrected chi connectivity index (χ1v) is 6.85. The Morgan fingerprint density at radius 3 is 2.71 bits per heavy atom. The van der Waals surface area contributed by atoms with Crippen LogP contribution >= 0.6 is 0 Å². The Hall–Kier alpha value is -2.55. The van der Waals surface area contributed by atoms with E-state index >= 15 is 0 Å². The molecule has 1 aliphatic rings. The quantitative estimate of drug-likeness (QED) is 0.882. The summed E-state index contributed by atoms with van der Waals surface area (Å²) >= 11 is 0. The van der Waals surface area contributed by atoms with Crippen molar-refractivity contribution in [1.82, 2.24) is 10.2 Å². The lowest BCUT2D eigenvalue weighted by Crippen LogP contribution is -2.45. The van der Waals surface area contributed by atoms with E-state index in [9.17, 15) is 9.59 Å². The molecule has 2 N–H and O–H groups in total. The van der Waals surface area contributed by atoms with Crippen LogP contribution in [0.3, 0.4) is 0 Å². The maximum atomic E-state index is 12.0. The molecule has 1 aromatic rings. The number of nitrogens with zero attached hydrogens (tertiary/aromatic N) is 2. The van der Waals surface area contributed by atoms with Crippen LogP contribution in [0, 0.1) is 17.2 Å². The van der Waals surface area contributed by atoms with Gasteiger partial charge in [0.25, 0.3) is 0 Å². The average Bonchev–Trinajstić information content (AvgIpc) is 2.53. The van der Waals surface area contributed by atoms with Gasteiger partial charge in [0.05, 0.1) is 17.6 Å². The Balaban J connectivity index is 1.83. The third kappa shape index (κ3) is 3.96. The summed E-state index contributed by atoms with van der Waals surface area (Å²) in [6.07, 6.45) is 0.985. The summed E-state index contributed by atoms with van der Waals surface area (Å²) in [5.41, 5.74) is 1.42. The zero-order valence-electron chi connectivity index (χ0n) is 11.6. The predicted molar refractivity (Wildman–Crippen MR) is 75.3 cm³/mol. The van der Waals surface area contributed by atoms with Crippen LogP contribution in [0.2, 0.25) is 0 Å². The van der Waals surface area contributed by atoms with Gasteiger partial charge in [-0.15, -0.1) is 0 Å². The fourth-order valence-corrected chi connectivity index (χ4v) is 2.37. The van der Waals surface area contributed by atoms with Crippen LogP contribution in [0.4, 0.5) is 4.79 Å². The van der Waals surface area contributed by atoms with E-state index in [2.05, 4.69) is 11.4 Å². The minimum atomic E-state index is -0.789. The standard InChI is InChI=1S/C15H17N3O3/c16-9-11-2-1-3-12(8-11)10-17-15(21)18-6-4-13(5-7-18)14(19)20/h1-3,8,13H,4-7,10H2,(H,17,21)(H,19,20). The number of piperidine rings is 1. The Morgan fingerprint density at radius 1 is 1.38 bits per heavy atom.